The van der Waals surface area contributed by atoms with E-state index in [1.54, 1.807) is 6.20 Å². The quantitative estimate of drug-likeness (QED) is 0.815. The number of aliphatic hydroxyl groups excluding tert-OH is 1. The summed E-state index contributed by atoms with van der Waals surface area (Å²) in [6.45, 7) is 2.13. The molecule has 2 aromatic heterocycles. The van der Waals surface area contributed by atoms with Crippen LogP contribution in [0.25, 0.3) is 11.2 Å². The number of aromatic nitrogens is 3. The molecule has 3 heterocycles. The summed E-state index contributed by atoms with van der Waals surface area (Å²) in [5.74, 6) is 1.24. The van der Waals surface area contributed by atoms with Crippen LogP contribution in [0.2, 0.25) is 0 Å². The van der Waals surface area contributed by atoms with Gasteiger partial charge in [-0.25, -0.2) is 4.98 Å². The van der Waals surface area contributed by atoms with Crippen LogP contribution in [0.5, 0.6) is 0 Å². The zero-order chi connectivity index (χ0) is 11.7. The topological polar surface area (TPSA) is 65.0 Å². The molecule has 1 atom stereocenters. The first kappa shape index (κ1) is 10.5. The number of hydrogen-bond donors (Lipinski definition) is 2. The molecular weight excluding hydrogens is 216 g/mol. The Bertz CT molecular complexity index is 477. The van der Waals surface area contributed by atoms with E-state index in [-0.39, 0.29) is 6.61 Å². The highest BCUT2D eigenvalue weighted by Gasteiger charge is 2.21. The molecule has 0 unspecified atom stereocenters. The monoisotopic (exact) mass is 232 g/mol. The van der Waals surface area contributed by atoms with E-state index in [4.69, 9.17) is 0 Å². The average molecular weight is 232 g/mol. The lowest BCUT2D eigenvalue weighted by molar-refractivity contribution is 0.208. The average Bonchev–Trinajstić information content (AvgIpc) is 2.82. The number of rotatable bonds is 2. The Labute approximate surface area is 99.5 Å². The molecule has 1 aliphatic rings. The van der Waals surface area contributed by atoms with Crippen LogP contribution in [-0.2, 0) is 0 Å². The molecule has 90 valence electrons. The Balaban J connectivity index is 1.87. The molecule has 1 fully saturated rings. The van der Waals surface area contributed by atoms with E-state index >= 15 is 0 Å². The number of pyridine rings is 1. The van der Waals surface area contributed by atoms with E-state index in [2.05, 4.69) is 19.9 Å². The lowest BCUT2D eigenvalue weighted by atomic mass is 9.99. The predicted molar refractivity (Wildman–Crippen MR) is 65.9 cm³/mol. The maximum atomic E-state index is 9.23. The molecule has 0 radical (unpaired) electrons. The Hall–Kier alpha value is -1.62. The number of H-pyrrole nitrogens is 1. The van der Waals surface area contributed by atoms with E-state index in [0.29, 0.717) is 5.92 Å². The van der Waals surface area contributed by atoms with Crippen molar-refractivity contribution < 1.29 is 5.11 Å². The van der Waals surface area contributed by atoms with Crippen LogP contribution in [0.1, 0.15) is 12.8 Å². The van der Waals surface area contributed by atoms with E-state index in [9.17, 15) is 5.11 Å². The first-order valence-corrected chi connectivity index (χ1v) is 6.03. The lowest BCUT2D eigenvalue weighted by Gasteiger charge is -2.31. The number of piperidine rings is 1. The van der Waals surface area contributed by atoms with Crippen LogP contribution >= 0.6 is 0 Å². The van der Waals surface area contributed by atoms with E-state index in [0.717, 1.165) is 43.0 Å². The van der Waals surface area contributed by atoms with Crippen molar-refractivity contribution in [3.8, 4) is 0 Å². The first-order chi connectivity index (χ1) is 8.36. The minimum atomic E-state index is 0.259. The van der Waals surface area contributed by atoms with Crippen LogP contribution in [0.4, 0.5) is 5.95 Å². The van der Waals surface area contributed by atoms with E-state index in [1.807, 2.05) is 12.1 Å². The molecule has 0 spiro atoms. The Morgan fingerprint density at radius 1 is 1.53 bits per heavy atom. The highest BCUT2D eigenvalue weighted by molar-refractivity contribution is 5.73. The second-order valence-corrected chi connectivity index (χ2v) is 4.57. The van der Waals surface area contributed by atoms with Crippen LogP contribution in [-0.4, -0.2) is 39.8 Å². The standard InChI is InChI=1S/C12H16N4O/c17-8-9-3-2-6-16(7-9)12-14-10-4-1-5-13-11(10)15-12/h1,4-5,9,17H,2-3,6-8H2,(H,13,14,15)/t9-/m0/s1. The maximum Gasteiger partial charge on any atom is 0.205 e. The summed E-state index contributed by atoms with van der Waals surface area (Å²) in [6, 6.07) is 3.88. The molecule has 5 heteroatoms. The SMILES string of the molecule is OC[C@H]1CCCN(c2nc3ncccc3[nH]2)C1. The maximum absolute atomic E-state index is 9.23. The third-order valence-corrected chi connectivity index (χ3v) is 3.32. The zero-order valence-corrected chi connectivity index (χ0v) is 9.63. The van der Waals surface area contributed by atoms with Gasteiger partial charge in [0.1, 0.15) is 0 Å². The second kappa shape index (κ2) is 4.33. The number of aliphatic hydroxyl groups is 1. The molecule has 2 aromatic rings. The first-order valence-electron chi connectivity index (χ1n) is 6.03. The third-order valence-electron chi connectivity index (χ3n) is 3.32. The predicted octanol–water partition coefficient (Wildman–Crippen LogP) is 1.17. The van der Waals surface area contributed by atoms with Gasteiger partial charge in [0.25, 0.3) is 0 Å². The molecule has 17 heavy (non-hydrogen) atoms. The summed E-state index contributed by atoms with van der Waals surface area (Å²) in [5.41, 5.74) is 1.72. The number of nitrogens with zero attached hydrogens (tertiary/aromatic N) is 3. The number of aromatic amines is 1. The summed E-state index contributed by atoms with van der Waals surface area (Å²) in [5, 5.41) is 9.23. The van der Waals surface area contributed by atoms with Gasteiger partial charge in [-0.05, 0) is 30.9 Å². The van der Waals surface area contributed by atoms with Crippen molar-refractivity contribution in [3.63, 3.8) is 0 Å². The fraction of sp³-hybridized carbons (Fsp3) is 0.500. The molecule has 0 bridgehead atoms. The number of imidazole rings is 1. The molecule has 3 rings (SSSR count). The van der Waals surface area contributed by atoms with Crippen molar-refractivity contribution in [3.05, 3.63) is 18.3 Å². The fourth-order valence-electron chi connectivity index (χ4n) is 2.39. The second-order valence-electron chi connectivity index (χ2n) is 4.57. The zero-order valence-electron chi connectivity index (χ0n) is 9.63. The van der Waals surface area contributed by atoms with Gasteiger partial charge in [-0.3, -0.25) is 0 Å². The summed E-state index contributed by atoms with van der Waals surface area (Å²) in [6.07, 6.45) is 3.96. The van der Waals surface area contributed by atoms with Crippen LogP contribution in [0.3, 0.4) is 0 Å². The molecule has 1 aliphatic heterocycles. The number of fused-ring (bicyclic) bond motifs is 1. The minimum absolute atomic E-state index is 0.259. The molecule has 2 N–H and O–H groups in total. The lowest BCUT2D eigenvalue weighted by Crippen LogP contribution is -2.37. The minimum Gasteiger partial charge on any atom is -0.396 e. The van der Waals surface area contributed by atoms with Crippen molar-refractivity contribution in [2.45, 2.75) is 12.8 Å². The summed E-state index contributed by atoms with van der Waals surface area (Å²) in [7, 11) is 0. The largest absolute Gasteiger partial charge is 0.396 e. The number of hydrogen-bond acceptors (Lipinski definition) is 4. The van der Waals surface area contributed by atoms with Crippen molar-refractivity contribution in [1.82, 2.24) is 15.0 Å². The Morgan fingerprint density at radius 3 is 3.29 bits per heavy atom. The molecule has 0 aromatic carbocycles. The van der Waals surface area contributed by atoms with Crippen LogP contribution in [0, 0.1) is 5.92 Å². The summed E-state index contributed by atoms with van der Waals surface area (Å²) < 4.78 is 0. The fourth-order valence-corrected chi connectivity index (χ4v) is 2.39. The molecular formula is C12H16N4O. The van der Waals surface area contributed by atoms with Crippen molar-refractivity contribution in [2.75, 3.05) is 24.6 Å². The van der Waals surface area contributed by atoms with Gasteiger partial charge < -0.3 is 15.0 Å². The molecule has 0 saturated carbocycles. The highest BCUT2D eigenvalue weighted by Crippen LogP contribution is 2.22. The van der Waals surface area contributed by atoms with Gasteiger partial charge in [0.05, 0.1) is 5.52 Å². The highest BCUT2D eigenvalue weighted by atomic mass is 16.3. The molecule has 5 nitrogen and oxygen atoms in total. The van der Waals surface area contributed by atoms with Gasteiger partial charge in [-0.2, -0.15) is 4.98 Å². The smallest absolute Gasteiger partial charge is 0.205 e. The molecule has 0 aliphatic carbocycles. The van der Waals surface area contributed by atoms with Crippen LogP contribution < -0.4 is 4.90 Å². The van der Waals surface area contributed by atoms with Crippen LogP contribution in [0.15, 0.2) is 18.3 Å². The molecule has 0 amide bonds. The van der Waals surface area contributed by atoms with Crippen molar-refractivity contribution in [1.29, 1.82) is 0 Å². The number of nitrogens with one attached hydrogen (secondary N) is 1. The van der Waals surface area contributed by atoms with Gasteiger partial charge in [-0.15, -0.1) is 0 Å². The van der Waals surface area contributed by atoms with Crippen molar-refractivity contribution in [2.24, 2.45) is 5.92 Å². The third kappa shape index (κ3) is 1.98. The van der Waals surface area contributed by atoms with Gasteiger partial charge in [-0.1, -0.05) is 0 Å². The Kier molecular flexibility index (Phi) is 2.68. The Morgan fingerprint density at radius 2 is 2.47 bits per heavy atom. The van der Waals surface area contributed by atoms with E-state index in [1.165, 1.54) is 0 Å². The van der Waals surface area contributed by atoms with Gasteiger partial charge in [0.15, 0.2) is 5.65 Å². The van der Waals surface area contributed by atoms with Gasteiger partial charge >= 0.3 is 0 Å². The van der Waals surface area contributed by atoms with Gasteiger partial charge in [0.2, 0.25) is 5.95 Å². The molecule has 1 saturated heterocycles. The number of anilines is 1. The normalized spacial score (nSPS) is 21.0. The summed E-state index contributed by atoms with van der Waals surface area (Å²) >= 11 is 0. The summed E-state index contributed by atoms with van der Waals surface area (Å²) in [4.78, 5) is 14.2. The van der Waals surface area contributed by atoms with E-state index < -0.39 is 0 Å². The van der Waals surface area contributed by atoms with Crippen molar-refractivity contribution >= 4 is 17.1 Å². The van der Waals surface area contributed by atoms with Gasteiger partial charge in [0, 0.05) is 25.9 Å².